The van der Waals surface area contributed by atoms with Gasteiger partial charge in [0.1, 0.15) is 5.69 Å². The standard InChI is InChI=1S/C22H28N4O2S/c1-13-10-18(20-25-26-21(28-20)23-8-9-29(5)27)24-19-16(13)11-15(14-6-7-14)12-17(19)22(2,3)4/h10-12,14H,6-9H2,1-5H3,(H,23,26). The highest BCUT2D eigenvalue weighted by Gasteiger charge is 2.28. The number of aryl methyl sites for hydroxylation is 1. The van der Waals surface area contributed by atoms with Crippen LogP contribution in [-0.4, -0.2) is 37.9 Å². The number of nitrogens with zero attached hydrogens (tertiary/aromatic N) is 3. The zero-order valence-corrected chi connectivity index (χ0v) is 18.5. The molecule has 6 nitrogen and oxygen atoms in total. The molecule has 1 aliphatic rings. The van der Waals surface area contributed by atoms with Crippen LogP contribution in [-0.2, 0) is 16.2 Å². The predicted molar refractivity (Wildman–Crippen MR) is 118 cm³/mol. The van der Waals surface area contributed by atoms with Gasteiger partial charge in [-0.15, -0.1) is 5.10 Å². The Labute approximate surface area is 174 Å². The number of pyridine rings is 1. The Morgan fingerprint density at radius 1 is 1.21 bits per heavy atom. The van der Waals surface area contributed by atoms with E-state index in [2.05, 4.69) is 55.3 Å². The Kier molecular flexibility index (Phi) is 5.19. The van der Waals surface area contributed by atoms with Gasteiger partial charge >= 0.3 is 6.01 Å². The van der Waals surface area contributed by atoms with E-state index in [1.807, 2.05) is 6.07 Å². The minimum Gasteiger partial charge on any atom is -0.402 e. The second-order valence-electron chi connectivity index (χ2n) is 8.93. The minimum absolute atomic E-state index is 0.0153. The average Bonchev–Trinajstić information content (AvgIpc) is 3.38. The molecule has 0 saturated heterocycles. The van der Waals surface area contributed by atoms with Gasteiger partial charge in [-0.05, 0) is 59.9 Å². The first-order valence-electron chi connectivity index (χ1n) is 10.1. The fourth-order valence-corrected chi connectivity index (χ4v) is 3.94. The van der Waals surface area contributed by atoms with E-state index in [4.69, 9.17) is 9.40 Å². The lowest BCUT2D eigenvalue weighted by Gasteiger charge is -2.23. The monoisotopic (exact) mass is 412 g/mol. The predicted octanol–water partition coefficient (Wildman–Crippen LogP) is 4.56. The van der Waals surface area contributed by atoms with E-state index in [9.17, 15) is 4.21 Å². The number of benzene rings is 1. The molecule has 2 aromatic heterocycles. The number of rotatable bonds is 6. The third kappa shape index (κ3) is 4.34. The molecule has 0 spiro atoms. The van der Waals surface area contributed by atoms with E-state index in [0.29, 0.717) is 35.8 Å². The number of aromatic nitrogens is 3. The molecule has 29 heavy (non-hydrogen) atoms. The zero-order valence-electron chi connectivity index (χ0n) is 17.7. The molecule has 1 aliphatic carbocycles. The number of anilines is 1. The van der Waals surface area contributed by atoms with Crippen LogP contribution >= 0.6 is 0 Å². The van der Waals surface area contributed by atoms with Crippen LogP contribution in [0.1, 0.15) is 56.2 Å². The largest absolute Gasteiger partial charge is 0.402 e. The lowest BCUT2D eigenvalue weighted by Crippen LogP contribution is -2.13. The lowest BCUT2D eigenvalue weighted by molar-refractivity contribution is 0.579. The molecule has 0 bridgehead atoms. The van der Waals surface area contributed by atoms with E-state index in [1.54, 1.807) is 6.26 Å². The number of hydrogen-bond acceptors (Lipinski definition) is 6. The normalized spacial score (nSPS) is 15.6. The Bertz CT molecular complexity index is 1080. The van der Waals surface area contributed by atoms with Crippen molar-refractivity contribution in [1.82, 2.24) is 15.2 Å². The summed E-state index contributed by atoms with van der Waals surface area (Å²) in [6.07, 6.45) is 4.23. The molecule has 154 valence electrons. The summed E-state index contributed by atoms with van der Waals surface area (Å²) < 4.78 is 17.0. The molecule has 7 heteroatoms. The van der Waals surface area contributed by atoms with Crippen molar-refractivity contribution in [2.45, 2.75) is 51.9 Å². The summed E-state index contributed by atoms with van der Waals surface area (Å²) in [5.41, 5.74) is 5.51. The summed E-state index contributed by atoms with van der Waals surface area (Å²) in [7, 11) is -0.864. The SMILES string of the molecule is Cc1cc(-c2nnc(NCCS(C)=O)o2)nc2c(C(C)(C)C)cc(C3CC3)cc12. The molecular formula is C22H28N4O2S. The number of hydrogen-bond donors (Lipinski definition) is 1. The van der Waals surface area contributed by atoms with Crippen molar-refractivity contribution in [3.63, 3.8) is 0 Å². The molecular weight excluding hydrogens is 384 g/mol. The van der Waals surface area contributed by atoms with Crippen LogP contribution in [0.2, 0.25) is 0 Å². The first-order valence-corrected chi connectivity index (χ1v) is 11.8. The maximum atomic E-state index is 11.2. The molecule has 1 saturated carbocycles. The van der Waals surface area contributed by atoms with E-state index < -0.39 is 10.8 Å². The molecule has 4 rings (SSSR count). The van der Waals surface area contributed by atoms with Gasteiger partial charge in [-0.1, -0.05) is 31.9 Å². The third-order valence-corrected chi connectivity index (χ3v) is 6.09. The second-order valence-corrected chi connectivity index (χ2v) is 10.5. The second kappa shape index (κ2) is 7.52. The molecule has 3 aromatic rings. The molecule has 2 heterocycles. The molecule has 0 amide bonds. The van der Waals surface area contributed by atoms with E-state index in [0.717, 1.165) is 11.1 Å². The smallest absolute Gasteiger partial charge is 0.315 e. The van der Waals surface area contributed by atoms with Gasteiger partial charge in [0.15, 0.2) is 0 Å². The summed E-state index contributed by atoms with van der Waals surface area (Å²) in [5.74, 6) is 1.62. The molecule has 1 N–H and O–H groups in total. The number of fused-ring (bicyclic) bond motifs is 1. The maximum absolute atomic E-state index is 11.2. The van der Waals surface area contributed by atoms with Crippen LogP contribution < -0.4 is 5.32 Å². The molecule has 1 unspecified atom stereocenters. The van der Waals surface area contributed by atoms with Gasteiger partial charge < -0.3 is 9.73 Å². The van der Waals surface area contributed by atoms with E-state index in [1.165, 1.54) is 29.4 Å². The van der Waals surface area contributed by atoms with Gasteiger partial charge in [0, 0.05) is 34.7 Å². The lowest BCUT2D eigenvalue weighted by atomic mass is 9.83. The van der Waals surface area contributed by atoms with Crippen molar-refractivity contribution < 1.29 is 8.63 Å². The first-order chi connectivity index (χ1) is 13.7. The third-order valence-electron chi connectivity index (χ3n) is 5.31. The summed E-state index contributed by atoms with van der Waals surface area (Å²) in [4.78, 5) is 4.94. The van der Waals surface area contributed by atoms with E-state index in [-0.39, 0.29) is 5.41 Å². The van der Waals surface area contributed by atoms with Crippen LogP contribution in [0.25, 0.3) is 22.5 Å². The Morgan fingerprint density at radius 2 is 1.97 bits per heavy atom. The van der Waals surface area contributed by atoms with Gasteiger partial charge in [-0.25, -0.2) is 4.98 Å². The van der Waals surface area contributed by atoms with Crippen molar-refractivity contribution in [3.05, 3.63) is 34.9 Å². The Morgan fingerprint density at radius 3 is 2.62 bits per heavy atom. The molecule has 1 atom stereocenters. The topological polar surface area (TPSA) is 80.9 Å². The van der Waals surface area contributed by atoms with Crippen molar-refractivity contribution in [2.75, 3.05) is 23.9 Å². The fourth-order valence-electron chi connectivity index (χ4n) is 3.55. The van der Waals surface area contributed by atoms with Crippen LogP contribution in [0.4, 0.5) is 6.01 Å². The van der Waals surface area contributed by atoms with Crippen LogP contribution in [0.15, 0.2) is 22.6 Å². The van der Waals surface area contributed by atoms with E-state index >= 15 is 0 Å². The fraction of sp³-hybridized carbons (Fsp3) is 0.500. The van der Waals surface area contributed by atoms with Gasteiger partial charge in [0.25, 0.3) is 5.89 Å². The van der Waals surface area contributed by atoms with Gasteiger partial charge in [0.05, 0.1) is 5.52 Å². The summed E-state index contributed by atoms with van der Waals surface area (Å²) in [6, 6.07) is 6.98. The van der Waals surface area contributed by atoms with Crippen molar-refractivity contribution in [1.29, 1.82) is 0 Å². The quantitative estimate of drug-likeness (QED) is 0.639. The minimum atomic E-state index is -0.864. The van der Waals surface area contributed by atoms with Crippen LogP contribution in [0.3, 0.4) is 0 Å². The molecule has 0 aliphatic heterocycles. The maximum Gasteiger partial charge on any atom is 0.315 e. The highest BCUT2D eigenvalue weighted by atomic mass is 32.2. The van der Waals surface area contributed by atoms with Crippen LogP contribution in [0, 0.1) is 6.92 Å². The van der Waals surface area contributed by atoms with Gasteiger partial charge in [-0.2, -0.15) is 0 Å². The zero-order chi connectivity index (χ0) is 20.8. The van der Waals surface area contributed by atoms with Crippen molar-refractivity contribution in [2.24, 2.45) is 0 Å². The molecule has 1 fully saturated rings. The van der Waals surface area contributed by atoms with Gasteiger partial charge in [0.2, 0.25) is 0 Å². The summed E-state index contributed by atoms with van der Waals surface area (Å²) >= 11 is 0. The summed E-state index contributed by atoms with van der Waals surface area (Å²) in [5, 5.41) is 12.4. The summed E-state index contributed by atoms with van der Waals surface area (Å²) in [6.45, 7) is 9.33. The van der Waals surface area contributed by atoms with Crippen molar-refractivity contribution >= 4 is 27.7 Å². The molecule has 1 aromatic carbocycles. The van der Waals surface area contributed by atoms with Crippen molar-refractivity contribution in [3.8, 4) is 11.6 Å². The Hall–Kier alpha value is -2.28. The average molecular weight is 413 g/mol. The Balaban J connectivity index is 1.74. The highest BCUT2D eigenvalue weighted by molar-refractivity contribution is 7.84. The highest BCUT2D eigenvalue weighted by Crippen LogP contribution is 2.43. The van der Waals surface area contributed by atoms with Gasteiger partial charge in [-0.3, -0.25) is 4.21 Å². The first kappa shape index (κ1) is 20.0. The molecule has 0 radical (unpaired) electrons. The van der Waals surface area contributed by atoms with Crippen LogP contribution in [0.5, 0.6) is 0 Å². The number of nitrogens with one attached hydrogen (secondary N) is 1.